The summed E-state index contributed by atoms with van der Waals surface area (Å²) in [6.45, 7) is 9.03. The molecule has 0 radical (unpaired) electrons. The molecule has 0 fully saturated rings. The average Bonchev–Trinajstić information content (AvgIpc) is 3.34. The SMILES string of the molecule is COc1cc(C=Nn2c(-c3cccs3)csc2=NC(C)C)ccc1OCC(C)C. The summed E-state index contributed by atoms with van der Waals surface area (Å²) in [4.78, 5) is 6.76. The highest BCUT2D eigenvalue weighted by molar-refractivity contribution is 7.14. The summed E-state index contributed by atoms with van der Waals surface area (Å²) < 4.78 is 13.3. The highest BCUT2D eigenvalue weighted by Gasteiger charge is 2.10. The van der Waals surface area contributed by atoms with Gasteiger partial charge in [-0.05, 0) is 55.0 Å². The molecule has 29 heavy (non-hydrogen) atoms. The lowest BCUT2D eigenvalue weighted by molar-refractivity contribution is 0.257. The molecule has 0 saturated carbocycles. The number of hydrogen-bond donors (Lipinski definition) is 0. The van der Waals surface area contributed by atoms with E-state index in [4.69, 9.17) is 19.6 Å². The Morgan fingerprint density at radius 2 is 1.93 bits per heavy atom. The summed E-state index contributed by atoms with van der Waals surface area (Å²) in [6.07, 6.45) is 1.83. The molecule has 154 valence electrons. The van der Waals surface area contributed by atoms with E-state index in [0.29, 0.717) is 18.3 Å². The molecule has 0 spiro atoms. The second-order valence-electron chi connectivity index (χ2n) is 7.28. The number of rotatable bonds is 8. The minimum atomic E-state index is 0.198. The molecule has 7 heteroatoms. The van der Waals surface area contributed by atoms with E-state index in [1.165, 1.54) is 4.88 Å². The van der Waals surface area contributed by atoms with Crippen molar-refractivity contribution in [2.75, 3.05) is 13.7 Å². The van der Waals surface area contributed by atoms with E-state index in [1.54, 1.807) is 29.8 Å². The Morgan fingerprint density at radius 1 is 1.10 bits per heavy atom. The summed E-state index contributed by atoms with van der Waals surface area (Å²) in [6, 6.07) is 10.2. The van der Waals surface area contributed by atoms with Gasteiger partial charge < -0.3 is 9.47 Å². The number of nitrogens with zero attached hydrogens (tertiary/aromatic N) is 3. The molecule has 0 N–H and O–H groups in total. The monoisotopic (exact) mass is 429 g/mol. The van der Waals surface area contributed by atoms with Crippen LogP contribution in [0.2, 0.25) is 0 Å². The first-order chi connectivity index (χ1) is 14.0. The number of ether oxygens (including phenoxy) is 2. The minimum Gasteiger partial charge on any atom is -0.493 e. The van der Waals surface area contributed by atoms with E-state index < -0.39 is 0 Å². The first-order valence-electron chi connectivity index (χ1n) is 9.61. The Morgan fingerprint density at radius 3 is 2.59 bits per heavy atom. The number of thiophene rings is 1. The van der Waals surface area contributed by atoms with Gasteiger partial charge >= 0.3 is 0 Å². The van der Waals surface area contributed by atoms with Crippen molar-refractivity contribution in [3.63, 3.8) is 0 Å². The van der Waals surface area contributed by atoms with Crippen molar-refractivity contribution >= 4 is 28.9 Å². The summed E-state index contributed by atoms with van der Waals surface area (Å²) in [5.74, 6) is 1.90. The van der Waals surface area contributed by atoms with Crippen molar-refractivity contribution in [3.8, 4) is 22.1 Å². The lowest BCUT2D eigenvalue weighted by Gasteiger charge is -2.12. The Kier molecular flexibility index (Phi) is 7.28. The van der Waals surface area contributed by atoms with E-state index in [1.807, 2.05) is 35.2 Å². The van der Waals surface area contributed by atoms with E-state index in [0.717, 1.165) is 21.8 Å². The molecule has 2 aromatic heterocycles. The number of hydrogen-bond acceptors (Lipinski definition) is 6. The predicted molar refractivity (Wildman–Crippen MR) is 123 cm³/mol. The molecule has 0 atom stereocenters. The fraction of sp³-hybridized carbons (Fsp3) is 0.364. The molecule has 1 aromatic carbocycles. The Hall–Kier alpha value is -2.38. The molecule has 3 aromatic rings. The number of benzene rings is 1. The summed E-state index contributed by atoms with van der Waals surface area (Å²) >= 11 is 3.30. The maximum atomic E-state index is 5.84. The largest absolute Gasteiger partial charge is 0.493 e. The average molecular weight is 430 g/mol. The van der Waals surface area contributed by atoms with Crippen LogP contribution in [0.15, 0.2) is 51.2 Å². The standard InChI is InChI=1S/C22H27N3O2S2/c1-15(2)13-27-19-9-8-17(11-20(19)26-5)12-23-25-18(21-7-6-10-28-21)14-29-22(25)24-16(3)4/h6-12,14-16H,13H2,1-5H3. The van der Waals surface area contributed by atoms with Crippen molar-refractivity contribution in [1.29, 1.82) is 0 Å². The number of thiazole rings is 1. The Balaban J connectivity index is 1.94. The maximum absolute atomic E-state index is 5.84. The zero-order valence-electron chi connectivity index (χ0n) is 17.5. The van der Waals surface area contributed by atoms with E-state index in [-0.39, 0.29) is 6.04 Å². The zero-order chi connectivity index (χ0) is 20.8. The van der Waals surface area contributed by atoms with Crippen LogP contribution in [0.4, 0.5) is 0 Å². The van der Waals surface area contributed by atoms with Crippen LogP contribution in [-0.4, -0.2) is 30.6 Å². The lowest BCUT2D eigenvalue weighted by atomic mass is 10.2. The van der Waals surface area contributed by atoms with Gasteiger partial charge in [-0.25, -0.2) is 4.68 Å². The normalized spacial score (nSPS) is 12.4. The van der Waals surface area contributed by atoms with Gasteiger partial charge in [-0.1, -0.05) is 19.9 Å². The molecule has 0 saturated heterocycles. The summed E-state index contributed by atoms with van der Waals surface area (Å²) in [5.41, 5.74) is 1.98. The highest BCUT2D eigenvalue weighted by atomic mass is 32.1. The van der Waals surface area contributed by atoms with Crippen molar-refractivity contribution in [3.05, 3.63) is 51.5 Å². The van der Waals surface area contributed by atoms with Crippen molar-refractivity contribution in [1.82, 2.24) is 4.68 Å². The first kappa shape index (κ1) is 21.3. The Labute approximate surface area is 180 Å². The second kappa shape index (κ2) is 9.89. The van der Waals surface area contributed by atoms with Gasteiger partial charge in [-0.2, -0.15) is 5.10 Å². The van der Waals surface area contributed by atoms with Gasteiger partial charge in [0.1, 0.15) is 0 Å². The van der Waals surface area contributed by atoms with Crippen LogP contribution >= 0.6 is 22.7 Å². The van der Waals surface area contributed by atoms with Gasteiger partial charge in [-0.3, -0.25) is 4.99 Å². The van der Waals surface area contributed by atoms with Gasteiger partial charge in [0.25, 0.3) is 0 Å². The maximum Gasteiger partial charge on any atom is 0.206 e. The van der Waals surface area contributed by atoms with Crippen LogP contribution < -0.4 is 14.3 Å². The molecule has 3 rings (SSSR count). The van der Waals surface area contributed by atoms with Crippen LogP contribution in [0.1, 0.15) is 33.3 Å². The van der Waals surface area contributed by atoms with Crippen LogP contribution in [0, 0.1) is 5.92 Å². The fourth-order valence-electron chi connectivity index (χ4n) is 2.58. The molecule has 5 nitrogen and oxygen atoms in total. The molecule has 0 aliphatic carbocycles. The molecule has 0 bridgehead atoms. The highest BCUT2D eigenvalue weighted by Crippen LogP contribution is 2.28. The quantitative estimate of drug-likeness (QED) is 0.443. The van der Waals surface area contributed by atoms with E-state index in [2.05, 4.69) is 44.5 Å². The summed E-state index contributed by atoms with van der Waals surface area (Å²) in [5, 5.41) is 8.92. The molecule has 0 aliphatic rings. The predicted octanol–water partition coefficient (Wildman–Crippen LogP) is 5.51. The molecular formula is C22H27N3O2S2. The Bertz CT molecular complexity index is 1020. The van der Waals surface area contributed by atoms with Gasteiger partial charge in [0.15, 0.2) is 11.5 Å². The van der Waals surface area contributed by atoms with Crippen molar-refractivity contribution < 1.29 is 9.47 Å². The van der Waals surface area contributed by atoms with Crippen LogP contribution in [-0.2, 0) is 0 Å². The lowest BCUT2D eigenvalue weighted by Crippen LogP contribution is -2.14. The molecule has 2 heterocycles. The van der Waals surface area contributed by atoms with Gasteiger partial charge in [-0.15, -0.1) is 22.7 Å². The van der Waals surface area contributed by atoms with Crippen molar-refractivity contribution in [2.24, 2.45) is 16.0 Å². The molecule has 0 aliphatic heterocycles. The third-order valence-corrected chi connectivity index (χ3v) is 5.63. The zero-order valence-corrected chi connectivity index (χ0v) is 19.1. The third kappa shape index (κ3) is 5.58. The second-order valence-corrected chi connectivity index (χ2v) is 9.06. The number of aromatic nitrogens is 1. The van der Waals surface area contributed by atoms with Gasteiger partial charge in [0.05, 0.1) is 30.5 Å². The minimum absolute atomic E-state index is 0.198. The smallest absolute Gasteiger partial charge is 0.206 e. The molecule has 0 amide bonds. The third-order valence-electron chi connectivity index (χ3n) is 3.91. The number of methoxy groups -OCH3 is 1. The van der Waals surface area contributed by atoms with Crippen LogP contribution in [0.5, 0.6) is 11.5 Å². The summed E-state index contributed by atoms with van der Waals surface area (Å²) in [7, 11) is 1.65. The van der Waals surface area contributed by atoms with Gasteiger partial charge in [0.2, 0.25) is 4.80 Å². The van der Waals surface area contributed by atoms with Crippen LogP contribution in [0.3, 0.4) is 0 Å². The first-order valence-corrected chi connectivity index (χ1v) is 11.4. The topological polar surface area (TPSA) is 48.1 Å². The fourth-order valence-corrected chi connectivity index (χ4v) is 4.34. The van der Waals surface area contributed by atoms with Gasteiger partial charge in [0, 0.05) is 11.4 Å². The van der Waals surface area contributed by atoms with E-state index in [9.17, 15) is 0 Å². The molecule has 0 unspecified atom stereocenters. The van der Waals surface area contributed by atoms with E-state index >= 15 is 0 Å². The van der Waals surface area contributed by atoms with Crippen LogP contribution in [0.25, 0.3) is 10.6 Å². The van der Waals surface area contributed by atoms with Crippen molar-refractivity contribution in [2.45, 2.75) is 33.7 Å². The molecular weight excluding hydrogens is 402 g/mol.